The van der Waals surface area contributed by atoms with E-state index in [4.69, 9.17) is 4.74 Å². The van der Waals surface area contributed by atoms with Crippen LogP contribution in [0.1, 0.15) is 111 Å². The fourth-order valence-electron chi connectivity index (χ4n) is 7.87. The molecule has 0 aromatic heterocycles. The number of allylic oxidation sites excluding steroid dienone is 4. The molecule has 200 valence electrons. The molecule has 1 spiro atoms. The van der Waals surface area contributed by atoms with Gasteiger partial charge in [-0.2, -0.15) is 0 Å². The van der Waals surface area contributed by atoms with Crippen molar-refractivity contribution >= 4 is 17.2 Å². The van der Waals surface area contributed by atoms with Crippen LogP contribution < -0.4 is 4.74 Å². The van der Waals surface area contributed by atoms with Crippen LogP contribution in [0, 0.1) is 55.4 Å². The van der Waals surface area contributed by atoms with Crippen molar-refractivity contribution in [1.29, 1.82) is 0 Å². The van der Waals surface area contributed by atoms with E-state index >= 15 is 0 Å². The second-order valence-electron chi connectivity index (χ2n) is 13.0. The zero-order valence-corrected chi connectivity index (χ0v) is 25.9. The second-order valence-corrected chi connectivity index (χ2v) is 13.0. The maximum absolute atomic E-state index is 6.39. The van der Waals surface area contributed by atoms with E-state index in [0.717, 1.165) is 5.75 Å². The van der Waals surface area contributed by atoms with E-state index in [9.17, 15) is 0 Å². The Morgan fingerprint density at radius 1 is 0.538 bits per heavy atom. The monoisotopic (exact) mass is 514 g/mol. The lowest BCUT2D eigenvalue weighted by atomic mass is 9.61. The van der Waals surface area contributed by atoms with Crippen LogP contribution in [-0.2, 0) is 10.8 Å². The van der Waals surface area contributed by atoms with Gasteiger partial charge in [-0.05, 0) is 176 Å². The molecule has 3 aliphatic rings. The molecule has 0 saturated heterocycles. The third-order valence-corrected chi connectivity index (χ3v) is 10.9. The van der Waals surface area contributed by atoms with Crippen molar-refractivity contribution in [3.05, 3.63) is 114 Å². The van der Waals surface area contributed by atoms with Crippen LogP contribution in [0.4, 0.5) is 0 Å². The Kier molecular flexibility index (Phi) is 5.39. The molecule has 0 unspecified atom stereocenters. The molecule has 0 bridgehead atoms. The lowest BCUT2D eigenvalue weighted by Gasteiger charge is -2.42. The Morgan fingerprint density at radius 2 is 1.03 bits per heavy atom. The molecular formula is C38H42O. The lowest BCUT2D eigenvalue weighted by Crippen LogP contribution is -2.35. The molecule has 1 heterocycles. The van der Waals surface area contributed by atoms with Crippen molar-refractivity contribution < 1.29 is 4.74 Å². The zero-order valence-electron chi connectivity index (χ0n) is 25.9. The van der Waals surface area contributed by atoms with Gasteiger partial charge in [-0.1, -0.05) is 26.0 Å². The quantitative estimate of drug-likeness (QED) is 0.290. The van der Waals surface area contributed by atoms with Crippen LogP contribution in [-0.4, -0.2) is 0 Å². The van der Waals surface area contributed by atoms with Crippen molar-refractivity contribution in [3.63, 3.8) is 0 Å². The molecule has 3 aromatic rings. The smallest absolute Gasteiger partial charge is 0.131 e. The number of hydrogen-bond acceptors (Lipinski definition) is 1. The Hall–Kier alpha value is -3.32. The van der Waals surface area contributed by atoms with Crippen LogP contribution in [0.25, 0.3) is 17.2 Å². The van der Waals surface area contributed by atoms with E-state index in [1.54, 1.807) is 0 Å². The third kappa shape index (κ3) is 3.08. The summed E-state index contributed by atoms with van der Waals surface area (Å²) in [6.07, 6.45) is 8.94. The highest BCUT2D eigenvalue weighted by atomic mass is 16.5. The summed E-state index contributed by atoms with van der Waals surface area (Å²) in [6.45, 7) is 27.9. The summed E-state index contributed by atoms with van der Waals surface area (Å²) in [4.78, 5) is 0. The lowest BCUT2D eigenvalue weighted by molar-refractivity contribution is 0.442. The average Bonchev–Trinajstić information content (AvgIpc) is 3.17. The second kappa shape index (κ2) is 8.10. The van der Waals surface area contributed by atoms with Crippen molar-refractivity contribution in [2.45, 2.75) is 93.9 Å². The van der Waals surface area contributed by atoms with Crippen molar-refractivity contribution in [1.82, 2.24) is 0 Å². The van der Waals surface area contributed by atoms with Gasteiger partial charge < -0.3 is 4.74 Å². The molecule has 0 N–H and O–H groups in total. The number of ether oxygens (including phenoxy) is 1. The topological polar surface area (TPSA) is 9.23 Å². The first-order chi connectivity index (χ1) is 18.3. The summed E-state index contributed by atoms with van der Waals surface area (Å²) in [7, 11) is 0. The van der Waals surface area contributed by atoms with Crippen molar-refractivity contribution in [3.8, 4) is 5.75 Å². The molecule has 0 radical (unpaired) electrons. The van der Waals surface area contributed by atoms with E-state index in [0.29, 0.717) is 0 Å². The Labute approximate surface area is 235 Å². The van der Waals surface area contributed by atoms with Gasteiger partial charge in [0.1, 0.15) is 5.75 Å². The molecule has 3 aromatic carbocycles. The minimum absolute atomic E-state index is 0.0184. The van der Waals surface area contributed by atoms with E-state index in [-0.39, 0.29) is 5.41 Å². The van der Waals surface area contributed by atoms with Gasteiger partial charge in [-0.15, -0.1) is 0 Å². The van der Waals surface area contributed by atoms with E-state index in [2.05, 4.69) is 113 Å². The molecule has 6 rings (SSSR count). The van der Waals surface area contributed by atoms with E-state index in [1.165, 1.54) is 94.6 Å². The van der Waals surface area contributed by atoms with Gasteiger partial charge in [0.15, 0.2) is 0 Å². The van der Waals surface area contributed by atoms with Crippen molar-refractivity contribution in [2.75, 3.05) is 0 Å². The average molecular weight is 515 g/mol. The van der Waals surface area contributed by atoms with Gasteiger partial charge in [0.2, 0.25) is 0 Å². The maximum atomic E-state index is 6.39. The molecule has 1 nitrogen and oxygen atoms in total. The molecule has 0 fully saturated rings. The van der Waals surface area contributed by atoms with Gasteiger partial charge in [0.25, 0.3) is 0 Å². The fourth-order valence-corrected chi connectivity index (χ4v) is 7.87. The van der Waals surface area contributed by atoms with Gasteiger partial charge in [-0.25, -0.2) is 0 Å². The first kappa shape index (κ1) is 25.9. The highest BCUT2D eigenvalue weighted by Gasteiger charge is 2.48. The maximum Gasteiger partial charge on any atom is 0.131 e. The normalized spacial score (nSPS) is 17.5. The predicted molar refractivity (Wildman–Crippen MR) is 167 cm³/mol. The highest BCUT2D eigenvalue weighted by molar-refractivity contribution is 5.98. The Bertz CT molecular complexity index is 1650. The molecule has 39 heavy (non-hydrogen) atoms. The number of fused-ring (bicyclic) bond motifs is 7. The fraction of sp³-hybridized carbons (Fsp3) is 0.368. The number of rotatable bonds is 0. The molecule has 2 aliphatic carbocycles. The van der Waals surface area contributed by atoms with Crippen LogP contribution in [0.2, 0.25) is 0 Å². The summed E-state index contributed by atoms with van der Waals surface area (Å²) < 4.78 is 6.39. The summed E-state index contributed by atoms with van der Waals surface area (Å²) in [5.74, 6) is 0.971. The first-order valence-electron chi connectivity index (χ1n) is 14.4. The van der Waals surface area contributed by atoms with Crippen LogP contribution in [0.15, 0.2) is 30.5 Å². The Balaban J connectivity index is 1.94. The molecule has 0 saturated carbocycles. The summed E-state index contributed by atoms with van der Waals surface area (Å²) in [6, 6.07) is 4.76. The largest absolute Gasteiger partial charge is 0.465 e. The highest BCUT2D eigenvalue weighted by Crippen LogP contribution is 2.58. The Morgan fingerprint density at radius 3 is 1.54 bits per heavy atom. The minimum atomic E-state index is -0.467. The van der Waals surface area contributed by atoms with Gasteiger partial charge in [0, 0.05) is 11.0 Å². The van der Waals surface area contributed by atoms with Gasteiger partial charge in [0.05, 0.1) is 11.7 Å². The summed E-state index contributed by atoms with van der Waals surface area (Å²) in [5, 5.41) is 0. The molecule has 1 heteroatoms. The molecule has 0 atom stereocenters. The number of benzene rings is 3. The summed E-state index contributed by atoms with van der Waals surface area (Å²) >= 11 is 0. The standard InChI is InChI=1S/C38H42O/c1-19-21(3)27(9)35-33(23(19)5)25(7)26(8)34-24(6)20(2)22(4)28(10)36(34)38(35)15-16-39-32-17-29-13-14-37(11,12)30(29)18-31(32)38/h13-18H,1-12H3. The van der Waals surface area contributed by atoms with Crippen LogP contribution in [0.3, 0.4) is 0 Å². The van der Waals surface area contributed by atoms with E-state index < -0.39 is 5.41 Å². The van der Waals surface area contributed by atoms with E-state index in [1.807, 2.05) is 6.26 Å². The van der Waals surface area contributed by atoms with Gasteiger partial charge >= 0.3 is 0 Å². The molecule has 1 aliphatic heterocycles. The van der Waals surface area contributed by atoms with Crippen LogP contribution >= 0.6 is 0 Å². The first-order valence-corrected chi connectivity index (χ1v) is 14.4. The minimum Gasteiger partial charge on any atom is -0.465 e. The van der Waals surface area contributed by atoms with Crippen molar-refractivity contribution in [2.24, 2.45) is 0 Å². The third-order valence-electron chi connectivity index (χ3n) is 10.9. The SMILES string of the molecule is CC1=C(C)c2c(C)c(C)c(C)c(C)c2C2(C=COc3cc4c(cc32)C(C)(C)C=C4)c2c(C)c(C)c(C)c(C)c21. The summed E-state index contributed by atoms with van der Waals surface area (Å²) in [5.41, 5.74) is 23.0. The predicted octanol–water partition coefficient (Wildman–Crippen LogP) is 9.96. The molecular weight excluding hydrogens is 472 g/mol. The van der Waals surface area contributed by atoms with Gasteiger partial charge in [-0.3, -0.25) is 0 Å². The van der Waals surface area contributed by atoms with Crippen LogP contribution in [0.5, 0.6) is 5.75 Å². The zero-order chi connectivity index (χ0) is 28.3. The number of hydrogen-bond donors (Lipinski definition) is 0. The molecule has 0 amide bonds.